The van der Waals surface area contributed by atoms with Crippen molar-refractivity contribution in [3.8, 4) is 0 Å². The normalized spacial score (nSPS) is 17.6. The van der Waals surface area contributed by atoms with Crippen molar-refractivity contribution in [1.29, 1.82) is 0 Å². The van der Waals surface area contributed by atoms with Crippen LogP contribution in [0.3, 0.4) is 0 Å². The van der Waals surface area contributed by atoms with Gasteiger partial charge in [-0.05, 0) is 45.2 Å². The van der Waals surface area contributed by atoms with Crippen LogP contribution in [0.15, 0.2) is 23.2 Å². The van der Waals surface area contributed by atoms with Crippen LogP contribution in [0.4, 0.5) is 18.9 Å². The number of aromatic nitrogens is 1. The minimum absolute atomic E-state index is 0.0216. The number of nitrogens with one attached hydrogen (secondary N) is 2. The number of amides is 2. The van der Waals surface area contributed by atoms with Gasteiger partial charge in [0.1, 0.15) is 23.0 Å². The van der Waals surface area contributed by atoms with E-state index in [0.717, 1.165) is 38.6 Å². The Morgan fingerprint density at radius 2 is 1.70 bits per heavy atom. The van der Waals surface area contributed by atoms with Crippen LogP contribution in [0.1, 0.15) is 56.9 Å². The predicted octanol–water partition coefficient (Wildman–Crippen LogP) is 4.17. The number of primary amides is 1. The van der Waals surface area contributed by atoms with Crippen molar-refractivity contribution in [2.45, 2.75) is 57.4 Å². The number of piperidine rings is 1. The van der Waals surface area contributed by atoms with Gasteiger partial charge in [-0.1, -0.05) is 31.9 Å². The van der Waals surface area contributed by atoms with E-state index in [2.05, 4.69) is 41.6 Å². The number of hydrogen-bond acceptors (Lipinski definition) is 5. The molecule has 14 heteroatoms. The second kappa shape index (κ2) is 16.5. The Morgan fingerprint density at radius 1 is 1.20 bits per heavy atom. The highest BCUT2D eigenvalue weighted by Crippen LogP contribution is 2.52. The first-order valence-electron chi connectivity index (χ1n) is 12.6. The Morgan fingerprint density at radius 3 is 2.17 bits per heavy atom. The fraction of sp³-hybridized carbons (Fsp3) is 0.500. The first kappa shape index (κ1) is 35.3. The smallest absolute Gasteiger partial charge is 0.273 e. The van der Waals surface area contributed by atoms with E-state index in [1.165, 1.54) is 24.1 Å². The van der Waals surface area contributed by atoms with Gasteiger partial charge in [0.25, 0.3) is 5.91 Å². The van der Waals surface area contributed by atoms with Gasteiger partial charge >= 0.3 is 0 Å². The number of halogens is 4. The number of anilines is 1. The molecule has 40 heavy (non-hydrogen) atoms. The van der Waals surface area contributed by atoms with Crippen molar-refractivity contribution < 1.29 is 31.8 Å². The average molecular weight is 608 g/mol. The SMILES string of the molecule is CC=O.CCC.CN1CCC(NS(=O)c2cn(C)c(C(=O)Nc3cc(F)c(F)c(F)c3)c2Cl)C2(CC2)C1.NC=O. The molecule has 1 aliphatic carbocycles. The first-order valence-corrected chi connectivity index (χ1v) is 14.1. The number of nitrogens with zero attached hydrogens (tertiary/aromatic N) is 2. The predicted molar refractivity (Wildman–Crippen MR) is 150 cm³/mol. The van der Waals surface area contributed by atoms with Gasteiger partial charge < -0.3 is 25.3 Å². The summed E-state index contributed by atoms with van der Waals surface area (Å²) in [5, 5.41) is 2.27. The molecular formula is C26H37ClF3N5O4S. The summed E-state index contributed by atoms with van der Waals surface area (Å²) in [4.78, 5) is 32.6. The summed E-state index contributed by atoms with van der Waals surface area (Å²) >= 11 is 6.37. The van der Waals surface area contributed by atoms with Crippen LogP contribution in [-0.4, -0.2) is 58.5 Å². The molecule has 2 atom stereocenters. The fourth-order valence-electron chi connectivity index (χ4n) is 4.20. The second-order valence-electron chi connectivity index (χ2n) is 9.38. The summed E-state index contributed by atoms with van der Waals surface area (Å²) in [6, 6.07) is 1.43. The molecule has 1 aliphatic heterocycles. The number of aryl methyl sites for hydroxylation is 1. The minimum atomic E-state index is -1.64. The molecule has 1 aromatic heterocycles. The molecule has 2 heterocycles. The molecule has 2 aliphatic rings. The molecule has 4 N–H and O–H groups in total. The van der Waals surface area contributed by atoms with Crippen LogP contribution in [0, 0.1) is 22.9 Å². The maximum absolute atomic E-state index is 13.4. The largest absolute Gasteiger partial charge is 0.372 e. The molecule has 2 amide bonds. The molecule has 224 valence electrons. The van der Waals surface area contributed by atoms with E-state index in [1.807, 2.05) is 0 Å². The van der Waals surface area contributed by atoms with Crippen molar-refractivity contribution in [3.63, 3.8) is 0 Å². The monoisotopic (exact) mass is 607 g/mol. The molecule has 2 unspecified atom stereocenters. The molecule has 1 saturated heterocycles. The van der Waals surface area contributed by atoms with Crippen LogP contribution >= 0.6 is 11.6 Å². The van der Waals surface area contributed by atoms with E-state index in [-0.39, 0.29) is 39.2 Å². The summed E-state index contributed by atoms with van der Waals surface area (Å²) in [5.74, 6) is -5.24. The van der Waals surface area contributed by atoms with Crippen LogP contribution in [0.5, 0.6) is 0 Å². The molecule has 1 saturated carbocycles. The topological polar surface area (TPSA) is 127 Å². The third-order valence-corrected chi connectivity index (χ3v) is 7.71. The molecule has 2 aromatic rings. The van der Waals surface area contributed by atoms with Crippen LogP contribution < -0.4 is 15.8 Å². The summed E-state index contributed by atoms with van der Waals surface area (Å²) < 4.78 is 57.6. The van der Waals surface area contributed by atoms with E-state index in [4.69, 9.17) is 21.2 Å². The van der Waals surface area contributed by atoms with E-state index in [9.17, 15) is 22.2 Å². The van der Waals surface area contributed by atoms with Gasteiger partial charge in [-0.25, -0.2) is 22.1 Å². The highest BCUT2D eigenvalue weighted by atomic mass is 35.5. The summed E-state index contributed by atoms with van der Waals surface area (Å²) in [6.07, 6.45) is 6.75. The van der Waals surface area contributed by atoms with E-state index < -0.39 is 34.3 Å². The number of likely N-dealkylation sites (tertiary alicyclic amines) is 1. The molecule has 0 radical (unpaired) electrons. The van der Waals surface area contributed by atoms with E-state index in [0.29, 0.717) is 12.1 Å². The molecule has 4 rings (SSSR count). The number of benzene rings is 1. The van der Waals surface area contributed by atoms with Gasteiger partial charge in [-0.3, -0.25) is 9.59 Å². The first-order chi connectivity index (χ1) is 18.9. The summed E-state index contributed by atoms with van der Waals surface area (Å²) in [5.41, 5.74) is 4.00. The van der Waals surface area contributed by atoms with Crippen LogP contribution in [-0.2, 0) is 27.6 Å². The zero-order chi connectivity index (χ0) is 30.6. The number of carbonyl (C=O) groups excluding carboxylic acids is 3. The maximum Gasteiger partial charge on any atom is 0.273 e. The number of hydrogen-bond donors (Lipinski definition) is 3. The quantitative estimate of drug-likeness (QED) is 0.347. The minimum Gasteiger partial charge on any atom is -0.372 e. The Hall–Kier alpha value is -2.74. The Kier molecular flexibility index (Phi) is 14.6. The van der Waals surface area contributed by atoms with Gasteiger partial charge in [0.05, 0.1) is 9.92 Å². The second-order valence-corrected chi connectivity index (χ2v) is 11.0. The molecular weight excluding hydrogens is 571 g/mol. The Balaban J connectivity index is 0.000000788. The van der Waals surface area contributed by atoms with Crippen LogP contribution in [0.25, 0.3) is 0 Å². The van der Waals surface area contributed by atoms with Gasteiger partial charge in [0.2, 0.25) is 6.41 Å². The molecule has 2 fully saturated rings. The van der Waals surface area contributed by atoms with Crippen molar-refractivity contribution in [3.05, 3.63) is 46.5 Å². The average Bonchev–Trinajstić information content (AvgIpc) is 3.56. The Labute approximate surface area is 240 Å². The lowest BCUT2D eigenvalue weighted by molar-refractivity contribution is -0.107. The number of aldehydes is 1. The lowest BCUT2D eigenvalue weighted by Crippen LogP contribution is -2.49. The highest BCUT2D eigenvalue weighted by Gasteiger charge is 2.52. The van der Waals surface area contributed by atoms with Gasteiger partial charge in [-0.2, -0.15) is 0 Å². The maximum atomic E-state index is 13.4. The molecule has 0 bridgehead atoms. The molecule has 1 spiro atoms. The zero-order valence-corrected chi connectivity index (χ0v) is 24.8. The highest BCUT2D eigenvalue weighted by molar-refractivity contribution is 7.83. The lowest BCUT2D eigenvalue weighted by Gasteiger charge is -2.37. The van der Waals surface area contributed by atoms with Crippen molar-refractivity contribution in [2.24, 2.45) is 18.2 Å². The van der Waals surface area contributed by atoms with Gasteiger partial charge in [0.15, 0.2) is 17.5 Å². The molecule has 9 nitrogen and oxygen atoms in total. The third-order valence-electron chi connectivity index (χ3n) is 6.01. The number of rotatable bonds is 5. The standard InChI is InChI=1S/C20H22ClF3N4O2S.C3H8.C2H4O.CH3NO/c1-27-6-3-15(20(10-27)4-5-20)26-31(30)14-9-28(2)18(16(14)21)19(29)25-11-7-12(22)17(24)13(23)8-11;1-3-2;1-2-3;2-1-3/h7-9,15,26H,3-6,10H2,1-2H3,(H,25,29);3H2,1-2H3;2H,1H3;1H,(H2,2,3). The van der Waals surface area contributed by atoms with E-state index in [1.54, 1.807) is 7.05 Å². The summed E-state index contributed by atoms with van der Waals surface area (Å²) in [7, 11) is 1.98. The Bertz CT molecular complexity index is 1160. The fourth-order valence-corrected chi connectivity index (χ4v) is 5.95. The lowest BCUT2D eigenvalue weighted by atomic mass is 9.90. The zero-order valence-electron chi connectivity index (χ0n) is 23.2. The van der Waals surface area contributed by atoms with Crippen molar-refractivity contribution in [2.75, 3.05) is 25.5 Å². The van der Waals surface area contributed by atoms with Gasteiger partial charge in [0, 0.05) is 43.7 Å². The number of carbonyl (C=O) groups is 3. The summed E-state index contributed by atoms with van der Waals surface area (Å²) in [6.45, 7) is 7.54. The van der Waals surface area contributed by atoms with Crippen molar-refractivity contribution >= 4 is 46.9 Å². The van der Waals surface area contributed by atoms with Gasteiger partial charge in [-0.15, -0.1) is 0 Å². The number of nitrogens with two attached hydrogens (primary N) is 1. The molecule has 1 aromatic carbocycles. The third kappa shape index (κ3) is 9.43. The van der Waals surface area contributed by atoms with Crippen LogP contribution in [0.2, 0.25) is 5.02 Å². The van der Waals surface area contributed by atoms with Crippen molar-refractivity contribution in [1.82, 2.24) is 14.2 Å². The van der Waals surface area contributed by atoms with E-state index >= 15 is 0 Å².